The lowest BCUT2D eigenvalue weighted by Crippen LogP contribution is -2.10. The molecule has 84 valence electrons. The van der Waals surface area contributed by atoms with E-state index in [2.05, 4.69) is 4.74 Å². The van der Waals surface area contributed by atoms with Crippen LogP contribution in [0.3, 0.4) is 0 Å². The maximum Gasteiger partial charge on any atom is 0.355 e. The van der Waals surface area contributed by atoms with E-state index in [1.807, 2.05) is 13.0 Å². The normalized spacial score (nSPS) is 10.7. The van der Waals surface area contributed by atoms with Crippen molar-refractivity contribution < 1.29 is 13.9 Å². The molecule has 0 aliphatic carbocycles. The fraction of sp³-hybridized carbons (Fsp3) is 0.250. The number of halogens is 1. The van der Waals surface area contributed by atoms with Crippen molar-refractivity contribution in [2.45, 2.75) is 13.3 Å². The first-order valence-electron chi connectivity index (χ1n) is 5.06. The summed E-state index contributed by atoms with van der Waals surface area (Å²) in [4.78, 5) is 11.5. The summed E-state index contributed by atoms with van der Waals surface area (Å²) >= 11 is 0. The number of fused-ring (bicyclic) bond motifs is 1. The highest BCUT2D eigenvalue weighted by atomic mass is 19.1. The predicted octanol–water partition coefficient (Wildman–Crippen LogP) is 2.43. The van der Waals surface area contributed by atoms with E-state index in [0.717, 1.165) is 12.1 Å². The molecule has 0 unspecified atom stereocenters. The van der Waals surface area contributed by atoms with Gasteiger partial charge in [-0.15, -0.1) is 0 Å². The van der Waals surface area contributed by atoms with Crippen LogP contribution in [-0.4, -0.2) is 17.5 Å². The van der Waals surface area contributed by atoms with Crippen LogP contribution in [-0.2, 0) is 11.2 Å². The highest BCUT2D eigenvalue weighted by Gasteiger charge is 2.14. The number of ether oxygens (including phenoxy) is 1. The number of aryl methyl sites for hydroxylation is 1. The van der Waals surface area contributed by atoms with E-state index in [1.165, 1.54) is 19.2 Å². The Morgan fingerprint density at radius 2 is 2.12 bits per heavy atom. The molecule has 0 aromatic carbocycles. The smallest absolute Gasteiger partial charge is 0.355 e. The molecule has 0 N–H and O–H groups in total. The Balaban J connectivity index is 2.79. The van der Waals surface area contributed by atoms with Crippen molar-refractivity contribution in [2.75, 3.05) is 7.11 Å². The number of hydrogen-bond donors (Lipinski definition) is 0. The van der Waals surface area contributed by atoms with E-state index in [-0.39, 0.29) is 5.82 Å². The summed E-state index contributed by atoms with van der Waals surface area (Å²) in [6, 6.07) is 6.19. The fourth-order valence-electron chi connectivity index (χ4n) is 1.80. The van der Waals surface area contributed by atoms with Gasteiger partial charge in [0.25, 0.3) is 0 Å². The van der Waals surface area contributed by atoms with Crippen LogP contribution in [0, 0.1) is 5.82 Å². The van der Waals surface area contributed by atoms with Crippen LogP contribution in [0.4, 0.5) is 4.39 Å². The molecule has 0 bridgehead atoms. The minimum Gasteiger partial charge on any atom is -0.464 e. The molecule has 2 aromatic rings. The van der Waals surface area contributed by atoms with Crippen molar-refractivity contribution in [3.63, 3.8) is 0 Å². The summed E-state index contributed by atoms with van der Waals surface area (Å²) in [7, 11) is 1.31. The molecule has 0 radical (unpaired) electrons. The van der Waals surface area contributed by atoms with Crippen LogP contribution in [0.1, 0.15) is 23.1 Å². The number of rotatable bonds is 2. The number of nitrogens with zero attached hydrogens (tertiary/aromatic N) is 1. The van der Waals surface area contributed by atoms with Crippen LogP contribution >= 0.6 is 0 Å². The Hall–Kier alpha value is -1.84. The predicted molar refractivity (Wildman–Crippen MR) is 58.1 cm³/mol. The first-order chi connectivity index (χ1) is 7.69. The van der Waals surface area contributed by atoms with Crippen LogP contribution in [0.5, 0.6) is 0 Å². The third kappa shape index (κ3) is 1.46. The van der Waals surface area contributed by atoms with Crippen LogP contribution in [0.15, 0.2) is 24.3 Å². The second-order valence-electron chi connectivity index (χ2n) is 3.46. The van der Waals surface area contributed by atoms with Crippen molar-refractivity contribution in [1.29, 1.82) is 0 Å². The van der Waals surface area contributed by atoms with Crippen molar-refractivity contribution >= 4 is 11.5 Å². The summed E-state index contributed by atoms with van der Waals surface area (Å²) in [5.74, 6) is -0.803. The summed E-state index contributed by atoms with van der Waals surface area (Å²) in [5.41, 5.74) is 1.63. The third-order valence-electron chi connectivity index (χ3n) is 2.59. The van der Waals surface area contributed by atoms with Crippen molar-refractivity contribution in [3.8, 4) is 0 Å². The van der Waals surface area contributed by atoms with Gasteiger partial charge in [0.2, 0.25) is 0 Å². The van der Waals surface area contributed by atoms with E-state index in [0.29, 0.717) is 11.2 Å². The molecular formula is C12H12FNO2. The van der Waals surface area contributed by atoms with Gasteiger partial charge in [-0.05, 0) is 30.7 Å². The summed E-state index contributed by atoms with van der Waals surface area (Å²) in [5, 5.41) is 0. The van der Waals surface area contributed by atoms with Gasteiger partial charge in [0.15, 0.2) is 0 Å². The Morgan fingerprint density at radius 3 is 2.75 bits per heavy atom. The number of pyridine rings is 1. The van der Waals surface area contributed by atoms with E-state index in [9.17, 15) is 9.18 Å². The van der Waals surface area contributed by atoms with Gasteiger partial charge in [-0.25, -0.2) is 9.18 Å². The van der Waals surface area contributed by atoms with Crippen LogP contribution < -0.4 is 0 Å². The second-order valence-corrected chi connectivity index (χ2v) is 3.46. The number of methoxy groups -OCH3 is 1. The lowest BCUT2D eigenvalue weighted by atomic mass is 10.3. The van der Waals surface area contributed by atoms with Gasteiger partial charge in [-0.3, -0.25) is 0 Å². The number of esters is 1. The fourth-order valence-corrected chi connectivity index (χ4v) is 1.80. The monoisotopic (exact) mass is 221 g/mol. The summed E-state index contributed by atoms with van der Waals surface area (Å²) in [6.45, 7) is 1.95. The van der Waals surface area contributed by atoms with Gasteiger partial charge in [0.1, 0.15) is 11.5 Å². The van der Waals surface area contributed by atoms with Crippen molar-refractivity contribution in [1.82, 2.24) is 4.40 Å². The molecule has 0 fully saturated rings. The van der Waals surface area contributed by atoms with E-state index >= 15 is 0 Å². The lowest BCUT2D eigenvalue weighted by Gasteiger charge is -2.07. The zero-order valence-electron chi connectivity index (χ0n) is 9.16. The minimum atomic E-state index is -0.462. The largest absolute Gasteiger partial charge is 0.464 e. The van der Waals surface area contributed by atoms with Crippen molar-refractivity contribution in [3.05, 3.63) is 41.5 Å². The van der Waals surface area contributed by atoms with Crippen LogP contribution in [0.2, 0.25) is 0 Å². The van der Waals surface area contributed by atoms with E-state index in [4.69, 9.17) is 0 Å². The third-order valence-corrected chi connectivity index (χ3v) is 2.59. The molecule has 2 heterocycles. The average Bonchev–Trinajstić information content (AvgIpc) is 2.73. The lowest BCUT2D eigenvalue weighted by molar-refractivity contribution is 0.0592. The number of aromatic nitrogens is 1. The Labute approximate surface area is 92.4 Å². The quantitative estimate of drug-likeness (QED) is 0.729. The topological polar surface area (TPSA) is 30.7 Å². The standard InChI is InChI=1S/C12H12FNO2/c1-3-8-4-6-10-9(13)5-7-11(14(8)10)12(15)16-2/h4-7H,3H2,1-2H3. The van der Waals surface area contributed by atoms with Crippen LogP contribution in [0.25, 0.3) is 5.52 Å². The molecule has 3 nitrogen and oxygen atoms in total. The zero-order chi connectivity index (χ0) is 11.7. The average molecular weight is 221 g/mol. The SMILES string of the molecule is CCc1ccc2c(F)ccc(C(=O)OC)n12. The first-order valence-corrected chi connectivity index (χ1v) is 5.06. The first kappa shape index (κ1) is 10.7. The van der Waals surface area contributed by atoms with Gasteiger partial charge in [-0.2, -0.15) is 0 Å². The van der Waals surface area contributed by atoms with E-state index in [1.54, 1.807) is 10.5 Å². The molecule has 0 saturated heterocycles. The molecule has 0 amide bonds. The molecule has 2 aromatic heterocycles. The van der Waals surface area contributed by atoms with Gasteiger partial charge >= 0.3 is 5.97 Å². The molecule has 16 heavy (non-hydrogen) atoms. The number of carbonyl (C=O) groups excluding carboxylic acids is 1. The molecule has 0 aliphatic heterocycles. The molecule has 4 heteroatoms. The molecule has 0 aliphatic rings. The van der Waals surface area contributed by atoms with Crippen molar-refractivity contribution in [2.24, 2.45) is 0 Å². The molecule has 0 spiro atoms. The minimum absolute atomic E-state index is 0.340. The molecule has 0 atom stereocenters. The highest BCUT2D eigenvalue weighted by molar-refractivity contribution is 5.88. The zero-order valence-corrected chi connectivity index (χ0v) is 9.16. The second kappa shape index (κ2) is 3.96. The number of carbonyl (C=O) groups is 1. The number of hydrogen-bond acceptors (Lipinski definition) is 2. The molecule has 0 saturated carbocycles. The molecular weight excluding hydrogens is 209 g/mol. The summed E-state index contributed by atoms with van der Waals surface area (Å²) < 4.78 is 19.8. The van der Waals surface area contributed by atoms with Gasteiger partial charge in [0, 0.05) is 5.69 Å². The Morgan fingerprint density at radius 1 is 1.38 bits per heavy atom. The van der Waals surface area contributed by atoms with Gasteiger partial charge < -0.3 is 9.14 Å². The summed E-state index contributed by atoms with van der Waals surface area (Å²) in [6.07, 6.45) is 0.724. The maximum atomic E-state index is 13.5. The van der Waals surface area contributed by atoms with Gasteiger partial charge in [-0.1, -0.05) is 6.92 Å². The van der Waals surface area contributed by atoms with Gasteiger partial charge in [0.05, 0.1) is 12.6 Å². The Bertz CT molecular complexity index is 545. The maximum absolute atomic E-state index is 13.5. The highest BCUT2D eigenvalue weighted by Crippen LogP contribution is 2.18. The molecule has 2 rings (SSSR count). The Kier molecular flexibility index (Phi) is 2.64. The van der Waals surface area contributed by atoms with E-state index < -0.39 is 5.97 Å².